The van der Waals surface area contributed by atoms with E-state index in [0.717, 1.165) is 10.8 Å². The third-order valence-electron chi connectivity index (χ3n) is 3.78. The molecule has 0 spiro atoms. The van der Waals surface area contributed by atoms with E-state index in [1.165, 1.54) is 4.57 Å². The van der Waals surface area contributed by atoms with Gasteiger partial charge in [0.2, 0.25) is 5.88 Å². The van der Waals surface area contributed by atoms with Gasteiger partial charge in [0.05, 0.1) is 18.5 Å². The molecule has 0 amide bonds. The van der Waals surface area contributed by atoms with E-state index >= 15 is 0 Å². The highest BCUT2D eigenvalue weighted by molar-refractivity contribution is 6.03. The summed E-state index contributed by atoms with van der Waals surface area (Å²) in [6.45, 7) is 2.40. The van der Waals surface area contributed by atoms with Crippen molar-refractivity contribution in [2.24, 2.45) is 7.05 Å². The van der Waals surface area contributed by atoms with Crippen LogP contribution < -0.4 is 10.3 Å². The van der Waals surface area contributed by atoms with Crippen molar-refractivity contribution < 1.29 is 4.74 Å². The fourth-order valence-corrected chi connectivity index (χ4v) is 2.81. The Morgan fingerprint density at radius 1 is 1.21 bits per heavy atom. The Labute approximate surface area is 137 Å². The molecule has 0 aliphatic rings. The maximum atomic E-state index is 13.0. The SMILES string of the molecule is CCOc1ccc2c3cn(C)nc3c(=O)n(-c3cccnc3)c2n1. The van der Waals surface area contributed by atoms with E-state index in [0.29, 0.717) is 29.3 Å². The van der Waals surface area contributed by atoms with E-state index in [4.69, 9.17) is 4.74 Å². The summed E-state index contributed by atoms with van der Waals surface area (Å²) in [6.07, 6.45) is 5.12. The number of ether oxygens (including phenoxy) is 1. The van der Waals surface area contributed by atoms with Crippen LogP contribution in [0, 0.1) is 0 Å². The second-order valence-corrected chi connectivity index (χ2v) is 5.37. The fraction of sp³-hybridized carbons (Fsp3) is 0.176. The molecule has 0 atom stereocenters. The highest BCUT2D eigenvalue weighted by atomic mass is 16.5. The van der Waals surface area contributed by atoms with Gasteiger partial charge in [0.15, 0.2) is 11.2 Å². The van der Waals surface area contributed by atoms with Gasteiger partial charge in [-0.3, -0.25) is 19.0 Å². The predicted molar refractivity (Wildman–Crippen MR) is 90.6 cm³/mol. The summed E-state index contributed by atoms with van der Waals surface area (Å²) in [5, 5.41) is 5.92. The van der Waals surface area contributed by atoms with Crippen LogP contribution in [-0.4, -0.2) is 30.9 Å². The van der Waals surface area contributed by atoms with Crippen molar-refractivity contribution in [1.29, 1.82) is 0 Å². The number of aromatic nitrogens is 5. The van der Waals surface area contributed by atoms with Gasteiger partial charge in [-0.15, -0.1) is 0 Å². The lowest BCUT2D eigenvalue weighted by atomic mass is 10.2. The predicted octanol–water partition coefficient (Wildman–Crippen LogP) is 2.07. The molecule has 0 aliphatic heterocycles. The first-order valence-corrected chi connectivity index (χ1v) is 7.61. The Morgan fingerprint density at radius 3 is 2.83 bits per heavy atom. The Hall–Kier alpha value is -3.22. The molecule has 7 heteroatoms. The largest absolute Gasteiger partial charge is 0.478 e. The topological polar surface area (TPSA) is 74.8 Å². The fourth-order valence-electron chi connectivity index (χ4n) is 2.81. The minimum Gasteiger partial charge on any atom is -0.478 e. The molecule has 4 rings (SSSR count). The van der Waals surface area contributed by atoms with Crippen LogP contribution in [0.1, 0.15) is 6.92 Å². The number of pyridine rings is 3. The van der Waals surface area contributed by atoms with Crippen molar-refractivity contribution in [3.05, 3.63) is 53.2 Å². The van der Waals surface area contributed by atoms with Gasteiger partial charge in [0, 0.05) is 36.3 Å². The average Bonchev–Trinajstić information content (AvgIpc) is 2.98. The monoisotopic (exact) mass is 321 g/mol. The summed E-state index contributed by atoms with van der Waals surface area (Å²) in [6, 6.07) is 7.31. The number of fused-ring (bicyclic) bond motifs is 3. The first-order chi connectivity index (χ1) is 11.7. The molecule has 0 unspecified atom stereocenters. The first-order valence-electron chi connectivity index (χ1n) is 7.61. The summed E-state index contributed by atoms with van der Waals surface area (Å²) in [5.41, 5.74) is 1.34. The third kappa shape index (κ3) is 2.13. The Bertz CT molecular complexity index is 1100. The van der Waals surface area contributed by atoms with Crippen LogP contribution in [0.2, 0.25) is 0 Å². The maximum Gasteiger partial charge on any atom is 0.285 e. The highest BCUT2D eigenvalue weighted by Gasteiger charge is 2.16. The van der Waals surface area contributed by atoms with Gasteiger partial charge in [-0.25, -0.2) is 0 Å². The third-order valence-corrected chi connectivity index (χ3v) is 3.78. The highest BCUT2D eigenvalue weighted by Crippen LogP contribution is 2.25. The molecule has 0 radical (unpaired) electrons. The zero-order valence-corrected chi connectivity index (χ0v) is 13.3. The molecule has 24 heavy (non-hydrogen) atoms. The van der Waals surface area contributed by atoms with Gasteiger partial charge >= 0.3 is 0 Å². The van der Waals surface area contributed by atoms with E-state index in [1.54, 1.807) is 36.3 Å². The van der Waals surface area contributed by atoms with Crippen molar-refractivity contribution in [2.75, 3.05) is 6.61 Å². The molecule has 0 saturated heterocycles. The van der Waals surface area contributed by atoms with E-state index in [9.17, 15) is 4.79 Å². The van der Waals surface area contributed by atoms with Crippen molar-refractivity contribution in [2.45, 2.75) is 6.92 Å². The number of rotatable bonds is 3. The molecule has 4 aromatic heterocycles. The minimum atomic E-state index is -0.229. The standard InChI is InChI=1S/C17H15N5O2/c1-3-24-14-7-6-12-13-10-21(2)20-15(13)17(23)22(16(12)19-14)11-5-4-8-18-9-11/h4-10H,3H2,1-2H3. The summed E-state index contributed by atoms with van der Waals surface area (Å²) in [5.74, 6) is 0.477. The molecular weight excluding hydrogens is 306 g/mol. The van der Waals surface area contributed by atoms with Crippen LogP contribution in [0.25, 0.3) is 27.6 Å². The van der Waals surface area contributed by atoms with Crippen LogP contribution in [-0.2, 0) is 7.05 Å². The van der Waals surface area contributed by atoms with Gasteiger partial charge in [-0.1, -0.05) is 0 Å². The smallest absolute Gasteiger partial charge is 0.285 e. The van der Waals surface area contributed by atoms with Gasteiger partial charge in [0.25, 0.3) is 5.56 Å². The van der Waals surface area contributed by atoms with Gasteiger partial charge in [-0.2, -0.15) is 10.1 Å². The number of nitrogens with zero attached hydrogens (tertiary/aromatic N) is 5. The molecule has 0 bridgehead atoms. The average molecular weight is 321 g/mol. The van der Waals surface area contributed by atoms with Crippen molar-refractivity contribution in [3.63, 3.8) is 0 Å². The number of hydrogen-bond donors (Lipinski definition) is 0. The first kappa shape index (κ1) is 14.4. The summed E-state index contributed by atoms with van der Waals surface area (Å²) < 4.78 is 8.66. The molecule has 0 saturated carbocycles. The quantitative estimate of drug-likeness (QED) is 0.577. The molecule has 0 aliphatic carbocycles. The number of hydrogen-bond acceptors (Lipinski definition) is 5. The second kappa shape index (κ2) is 5.45. The number of aryl methyl sites for hydroxylation is 1. The van der Waals surface area contributed by atoms with Crippen LogP contribution >= 0.6 is 0 Å². The van der Waals surface area contributed by atoms with Gasteiger partial charge in [-0.05, 0) is 25.1 Å². The van der Waals surface area contributed by atoms with Gasteiger partial charge < -0.3 is 4.74 Å². The van der Waals surface area contributed by atoms with Crippen molar-refractivity contribution in [3.8, 4) is 11.6 Å². The van der Waals surface area contributed by atoms with E-state index in [1.807, 2.05) is 25.3 Å². The lowest BCUT2D eigenvalue weighted by molar-refractivity contribution is 0.328. The molecule has 4 aromatic rings. The molecule has 120 valence electrons. The molecular formula is C17H15N5O2. The van der Waals surface area contributed by atoms with Crippen LogP contribution in [0.5, 0.6) is 5.88 Å². The maximum absolute atomic E-state index is 13.0. The van der Waals surface area contributed by atoms with Gasteiger partial charge in [0.1, 0.15) is 0 Å². The van der Waals surface area contributed by atoms with E-state index in [2.05, 4.69) is 15.1 Å². The molecule has 7 nitrogen and oxygen atoms in total. The normalized spacial score (nSPS) is 11.2. The molecule has 0 N–H and O–H groups in total. The minimum absolute atomic E-state index is 0.229. The summed E-state index contributed by atoms with van der Waals surface area (Å²) >= 11 is 0. The lowest BCUT2D eigenvalue weighted by Gasteiger charge is -2.11. The lowest BCUT2D eigenvalue weighted by Crippen LogP contribution is -2.20. The van der Waals surface area contributed by atoms with Crippen molar-refractivity contribution in [1.82, 2.24) is 24.3 Å². The molecule has 0 fully saturated rings. The van der Waals surface area contributed by atoms with E-state index in [-0.39, 0.29) is 5.56 Å². The Balaban J connectivity index is 2.18. The Kier molecular flexibility index (Phi) is 3.26. The zero-order chi connectivity index (χ0) is 16.7. The van der Waals surface area contributed by atoms with Crippen LogP contribution in [0.15, 0.2) is 47.7 Å². The second-order valence-electron chi connectivity index (χ2n) is 5.37. The summed E-state index contributed by atoms with van der Waals surface area (Å²) in [7, 11) is 1.79. The zero-order valence-electron chi connectivity index (χ0n) is 13.3. The van der Waals surface area contributed by atoms with Crippen molar-refractivity contribution >= 4 is 21.9 Å². The van der Waals surface area contributed by atoms with E-state index < -0.39 is 0 Å². The Morgan fingerprint density at radius 2 is 2.08 bits per heavy atom. The summed E-state index contributed by atoms with van der Waals surface area (Å²) in [4.78, 5) is 21.6. The van der Waals surface area contributed by atoms with Crippen LogP contribution in [0.3, 0.4) is 0 Å². The molecule has 0 aromatic carbocycles. The van der Waals surface area contributed by atoms with Crippen LogP contribution in [0.4, 0.5) is 0 Å². The molecule has 4 heterocycles.